The Morgan fingerprint density at radius 3 is 2.52 bits per heavy atom. The van der Waals surface area contributed by atoms with E-state index >= 15 is 0 Å². The van der Waals surface area contributed by atoms with E-state index in [4.69, 9.17) is 4.74 Å². The van der Waals surface area contributed by atoms with Gasteiger partial charge >= 0.3 is 12.3 Å². The number of carbonyl (C=O) groups excluding carboxylic acids is 1. The minimum absolute atomic E-state index is 0.261. The number of halogens is 3. The van der Waals surface area contributed by atoms with Crippen molar-refractivity contribution in [2.24, 2.45) is 5.41 Å². The summed E-state index contributed by atoms with van der Waals surface area (Å²) in [6.45, 7) is 3.41. The molecule has 0 aliphatic carbocycles. The molecule has 1 aliphatic heterocycles. The predicted octanol–water partition coefficient (Wildman–Crippen LogP) is 3.06. The standard InChI is InChI=1S/C16H20F3NO3/c1-2-22-14(21)15(8-3-9-20-11-15)10-12-4-6-13(7-5-12)23-16(17,18)19/h4-7,20H,2-3,8-11H2,1H3. The SMILES string of the molecule is CCOC(=O)C1(Cc2ccc(OC(F)(F)F)cc2)CCCNC1. The van der Waals surface area contributed by atoms with Crippen molar-refractivity contribution in [1.29, 1.82) is 0 Å². The molecular weight excluding hydrogens is 311 g/mol. The summed E-state index contributed by atoms with van der Waals surface area (Å²) in [6.07, 6.45) is -2.74. The van der Waals surface area contributed by atoms with Crippen molar-refractivity contribution in [2.75, 3.05) is 19.7 Å². The van der Waals surface area contributed by atoms with Crippen molar-refractivity contribution >= 4 is 5.97 Å². The summed E-state index contributed by atoms with van der Waals surface area (Å²) in [7, 11) is 0. The number of esters is 1. The summed E-state index contributed by atoms with van der Waals surface area (Å²) in [5.41, 5.74) is 0.108. The van der Waals surface area contributed by atoms with Gasteiger partial charge in [-0.15, -0.1) is 13.2 Å². The first-order chi connectivity index (χ1) is 10.8. The number of hydrogen-bond acceptors (Lipinski definition) is 4. The number of rotatable bonds is 5. The van der Waals surface area contributed by atoms with Crippen molar-refractivity contribution < 1.29 is 27.4 Å². The van der Waals surface area contributed by atoms with E-state index in [1.807, 2.05) is 0 Å². The quantitative estimate of drug-likeness (QED) is 0.843. The summed E-state index contributed by atoms with van der Waals surface area (Å²) in [6, 6.07) is 5.63. The molecule has 1 aliphatic rings. The van der Waals surface area contributed by atoms with E-state index in [1.165, 1.54) is 12.1 Å². The first-order valence-electron chi connectivity index (χ1n) is 7.57. The highest BCUT2D eigenvalue weighted by Crippen LogP contribution is 2.33. The van der Waals surface area contributed by atoms with E-state index in [-0.39, 0.29) is 11.7 Å². The van der Waals surface area contributed by atoms with Gasteiger partial charge in [0.15, 0.2) is 0 Å². The molecule has 0 radical (unpaired) electrons. The van der Waals surface area contributed by atoms with Crippen molar-refractivity contribution in [3.05, 3.63) is 29.8 Å². The predicted molar refractivity (Wildman–Crippen MR) is 78.0 cm³/mol. The molecule has 1 unspecified atom stereocenters. The Labute approximate surface area is 133 Å². The maximum absolute atomic E-state index is 12.3. The molecule has 1 saturated heterocycles. The van der Waals surface area contributed by atoms with Crippen LogP contribution in [0.3, 0.4) is 0 Å². The largest absolute Gasteiger partial charge is 0.573 e. The maximum atomic E-state index is 12.3. The van der Waals surface area contributed by atoms with Crippen LogP contribution in [0.4, 0.5) is 13.2 Å². The van der Waals surface area contributed by atoms with Gasteiger partial charge in [0.1, 0.15) is 5.75 Å². The Kier molecular flexibility index (Phi) is 5.51. The Bertz CT molecular complexity index is 522. The second-order valence-corrected chi connectivity index (χ2v) is 5.65. The fourth-order valence-electron chi connectivity index (χ4n) is 2.85. The van der Waals surface area contributed by atoms with E-state index in [9.17, 15) is 18.0 Å². The lowest BCUT2D eigenvalue weighted by Crippen LogP contribution is -2.47. The van der Waals surface area contributed by atoms with Gasteiger partial charge in [-0.05, 0) is 50.4 Å². The van der Waals surface area contributed by atoms with Crippen LogP contribution in [-0.2, 0) is 16.0 Å². The number of hydrogen-bond donors (Lipinski definition) is 1. The summed E-state index contributed by atoms with van der Waals surface area (Å²) in [5.74, 6) is -0.531. The summed E-state index contributed by atoms with van der Waals surface area (Å²) < 4.78 is 45.6. The smallest absolute Gasteiger partial charge is 0.466 e. The highest BCUT2D eigenvalue weighted by molar-refractivity contribution is 5.77. The molecule has 1 N–H and O–H groups in total. The van der Waals surface area contributed by atoms with Crippen LogP contribution in [-0.4, -0.2) is 32.0 Å². The molecule has 1 fully saturated rings. The van der Waals surface area contributed by atoms with E-state index < -0.39 is 11.8 Å². The Balaban J connectivity index is 2.12. The minimum atomic E-state index is -4.71. The second-order valence-electron chi connectivity index (χ2n) is 5.65. The molecule has 0 aromatic heterocycles. The van der Waals surface area contributed by atoms with Gasteiger partial charge in [0.25, 0.3) is 0 Å². The zero-order valence-electron chi connectivity index (χ0n) is 12.9. The molecule has 0 bridgehead atoms. The Morgan fingerprint density at radius 2 is 2.00 bits per heavy atom. The van der Waals surface area contributed by atoms with Crippen molar-refractivity contribution in [2.45, 2.75) is 32.5 Å². The molecule has 1 atom stereocenters. The van der Waals surface area contributed by atoms with E-state index in [0.29, 0.717) is 26.0 Å². The second kappa shape index (κ2) is 7.21. The molecule has 1 aromatic rings. The first kappa shape index (κ1) is 17.6. The van der Waals surface area contributed by atoms with Gasteiger partial charge in [-0.3, -0.25) is 4.79 Å². The first-order valence-corrected chi connectivity index (χ1v) is 7.57. The fourth-order valence-corrected chi connectivity index (χ4v) is 2.85. The number of carbonyl (C=O) groups is 1. The molecule has 1 heterocycles. The van der Waals surface area contributed by atoms with Gasteiger partial charge < -0.3 is 14.8 Å². The van der Waals surface area contributed by atoms with Gasteiger partial charge in [0, 0.05) is 6.54 Å². The molecule has 0 amide bonds. The molecule has 7 heteroatoms. The normalized spacial score (nSPS) is 21.7. The molecule has 1 aromatic carbocycles. The number of benzene rings is 1. The highest BCUT2D eigenvalue weighted by Gasteiger charge is 2.41. The summed E-state index contributed by atoms with van der Waals surface area (Å²) >= 11 is 0. The highest BCUT2D eigenvalue weighted by atomic mass is 19.4. The lowest BCUT2D eigenvalue weighted by atomic mass is 9.75. The topological polar surface area (TPSA) is 47.6 Å². The zero-order chi connectivity index (χ0) is 16.9. The molecule has 0 saturated carbocycles. The van der Waals surface area contributed by atoms with E-state index in [2.05, 4.69) is 10.1 Å². The molecule has 128 valence electrons. The number of piperidine rings is 1. The van der Waals surface area contributed by atoms with Gasteiger partial charge in [-0.1, -0.05) is 12.1 Å². The summed E-state index contributed by atoms with van der Waals surface area (Å²) in [4.78, 5) is 12.3. The van der Waals surface area contributed by atoms with Crippen molar-refractivity contribution in [1.82, 2.24) is 5.32 Å². The fraction of sp³-hybridized carbons (Fsp3) is 0.562. The Hall–Kier alpha value is -1.76. The van der Waals surface area contributed by atoms with Crippen LogP contribution in [0.15, 0.2) is 24.3 Å². The lowest BCUT2D eigenvalue weighted by molar-refractivity contribution is -0.274. The lowest BCUT2D eigenvalue weighted by Gasteiger charge is -2.35. The third-order valence-corrected chi connectivity index (χ3v) is 3.88. The van der Waals surface area contributed by atoms with Crippen LogP contribution < -0.4 is 10.1 Å². The van der Waals surface area contributed by atoms with Crippen molar-refractivity contribution in [3.63, 3.8) is 0 Å². The zero-order valence-corrected chi connectivity index (χ0v) is 12.9. The van der Waals surface area contributed by atoms with Crippen LogP contribution in [0.1, 0.15) is 25.3 Å². The Morgan fingerprint density at radius 1 is 1.30 bits per heavy atom. The third kappa shape index (κ3) is 4.86. The molecule has 2 rings (SSSR count). The van der Waals surface area contributed by atoms with Crippen LogP contribution in [0, 0.1) is 5.41 Å². The van der Waals surface area contributed by atoms with Crippen LogP contribution in [0.25, 0.3) is 0 Å². The van der Waals surface area contributed by atoms with Gasteiger partial charge in [-0.2, -0.15) is 0 Å². The van der Waals surface area contributed by atoms with Gasteiger partial charge in [0.05, 0.1) is 12.0 Å². The molecule has 23 heavy (non-hydrogen) atoms. The average Bonchev–Trinajstić information content (AvgIpc) is 2.49. The molecule has 0 spiro atoms. The summed E-state index contributed by atoms with van der Waals surface area (Å²) in [5, 5.41) is 3.20. The number of alkyl halides is 3. The minimum Gasteiger partial charge on any atom is -0.466 e. The maximum Gasteiger partial charge on any atom is 0.573 e. The number of nitrogens with one attached hydrogen (secondary N) is 1. The number of ether oxygens (including phenoxy) is 2. The van der Waals surface area contributed by atoms with Gasteiger partial charge in [-0.25, -0.2) is 0 Å². The van der Waals surface area contributed by atoms with Crippen LogP contribution >= 0.6 is 0 Å². The molecule has 4 nitrogen and oxygen atoms in total. The van der Waals surface area contributed by atoms with Gasteiger partial charge in [0.2, 0.25) is 0 Å². The van der Waals surface area contributed by atoms with E-state index in [1.54, 1.807) is 19.1 Å². The van der Waals surface area contributed by atoms with Crippen LogP contribution in [0.5, 0.6) is 5.75 Å². The molecular formula is C16H20F3NO3. The van der Waals surface area contributed by atoms with E-state index in [0.717, 1.165) is 18.5 Å². The monoisotopic (exact) mass is 331 g/mol. The van der Waals surface area contributed by atoms with Crippen LogP contribution in [0.2, 0.25) is 0 Å². The third-order valence-electron chi connectivity index (χ3n) is 3.88. The van der Waals surface area contributed by atoms with Crippen molar-refractivity contribution in [3.8, 4) is 5.75 Å². The average molecular weight is 331 g/mol.